The van der Waals surface area contributed by atoms with Gasteiger partial charge in [-0.05, 0) is 30.3 Å². The molecule has 0 atom stereocenters. The maximum absolute atomic E-state index is 12.4. The Balaban J connectivity index is 1.80. The lowest BCUT2D eigenvalue weighted by Gasteiger charge is -2.16. The number of benzene rings is 1. The van der Waals surface area contributed by atoms with Gasteiger partial charge in [-0.15, -0.1) is 0 Å². The van der Waals surface area contributed by atoms with E-state index in [-0.39, 0.29) is 5.91 Å². The summed E-state index contributed by atoms with van der Waals surface area (Å²) in [5, 5.41) is 6.53. The number of nitrogens with one attached hydrogen (secondary N) is 1. The number of hydrogen-bond acceptors (Lipinski definition) is 3. The smallest absolute Gasteiger partial charge is 0.254 e. The zero-order valence-corrected chi connectivity index (χ0v) is 11.6. The summed E-state index contributed by atoms with van der Waals surface area (Å²) >= 11 is 0. The van der Waals surface area contributed by atoms with Crippen molar-refractivity contribution in [1.82, 2.24) is 24.6 Å². The van der Waals surface area contributed by atoms with Crippen LogP contribution in [0.15, 0.2) is 55.1 Å². The molecule has 0 saturated heterocycles. The third kappa shape index (κ3) is 2.84. The molecule has 0 aliphatic carbocycles. The summed E-state index contributed by atoms with van der Waals surface area (Å²) < 4.78 is 1.97. The van der Waals surface area contributed by atoms with E-state index in [4.69, 9.17) is 0 Å². The predicted molar refractivity (Wildman–Crippen MR) is 77.9 cm³/mol. The summed E-state index contributed by atoms with van der Waals surface area (Å²) in [5.41, 5.74) is 1.60. The normalized spacial score (nSPS) is 10.5. The van der Waals surface area contributed by atoms with E-state index in [0.717, 1.165) is 5.69 Å². The molecule has 0 unspecified atom stereocenters. The molecular weight excluding hydrogens is 266 g/mol. The van der Waals surface area contributed by atoms with Crippen LogP contribution in [0.1, 0.15) is 16.2 Å². The summed E-state index contributed by atoms with van der Waals surface area (Å²) in [4.78, 5) is 18.1. The molecule has 1 aromatic carbocycles. The van der Waals surface area contributed by atoms with E-state index >= 15 is 0 Å². The molecule has 2 heterocycles. The molecule has 106 valence electrons. The second kappa shape index (κ2) is 5.62. The van der Waals surface area contributed by atoms with Crippen LogP contribution < -0.4 is 0 Å². The molecule has 0 radical (unpaired) electrons. The van der Waals surface area contributed by atoms with E-state index in [1.807, 2.05) is 53.4 Å². The van der Waals surface area contributed by atoms with E-state index in [2.05, 4.69) is 15.2 Å². The van der Waals surface area contributed by atoms with Crippen LogP contribution in [0, 0.1) is 0 Å². The van der Waals surface area contributed by atoms with Crippen molar-refractivity contribution in [2.24, 2.45) is 0 Å². The summed E-state index contributed by atoms with van der Waals surface area (Å²) in [6.07, 6.45) is 5.32. The third-order valence-electron chi connectivity index (χ3n) is 3.19. The Morgan fingerprint density at radius 3 is 2.81 bits per heavy atom. The van der Waals surface area contributed by atoms with Crippen molar-refractivity contribution in [3.05, 3.63) is 66.5 Å². The van der Waals surface area contributed by atoms with Gasteiger partial charge in [-0.3, -0.25) is 9.89 Å². The maximum Gasteiger partial charge on any atom is 0.254 e. The Labute approximate surface area is 122 Å². The molecule has 2 aromatic heterocycles. The first-order valence-corrected chi connectivity index (χ1v) is 6.57. The highest BCUT2D eigenvalue weighted by molar-refractivity contribution is 5.94. The van der Waals surface area contributed by atoms with Gasteiger partial charge >= 0.3 is 0 Å². The van der Waals surface area contributed by atoms with Crippen LogP contribution in [0.3, 0.4) is 0 Å². The van der Waals surface area contributed by atoms with E-state index in [1.165, 1.54) is 6.33 Å². The number of carbonyl (C=O) groups is 1. The average molecular weight is 281 g/mol. The van der Waals surface area contributed by atoms with Crippen molar-refractivity contribution < 1.29 is 4.79 Å². The number of H-pyrrole nitrogens is 1. The fraction of sp³-hybridized carbons (Fsp3) is 0.133. The van der Waals surface area contributed by atoms with E-state index in [0.29, 0.717) is 17.9 Å². The second-order valence-corrected chi connectivity index (χ2v) is 4.73. The van der Waals surface area contributed by atoms with Crippen molar-refractivity contribution in [2.75, 3.05) is 7.05 Å². The first-order chi connectivity index (χ1) is 10.2. The Morgan fingerprint density at radius 2 is 2.10 bits per heavy atom. The van der Waals surface area contributed by atoms with Crippen molar-refractivity contribution in [2.45, 2.75) is 6.54 Å². The average Bonchev–Trinajstić information content (AvgIpc) is 3.20. The Hall–Kier alpha value is -2.89. The Kier molecular flexibility index (Phi) is 3.51. The molecule has 6 nitrogen and oxygen atoms in total. The number of hydrogen-bond donors (Lipinski definition) is 1. The van der Waals surface area contributed by atoms with E-state index in [9.17, 15) is 4.79 Å². The predicted octanol–water partition coefficient (Wildman–Crippen LogP) is 1.87. The molecule has 0 saturated carbocycles. The fourth-order valence-electron chi connectivity index (χ4n) is 2.13. The highest BCUT2D eigenvalue weighted by Gasteiger charge is 2.13. The lowest BCUT2D eigenvalue weighted by atomic mass is 10.1. The molecule has 1 N–H and O–H groups in total. The topological polar surface area (TPSA) is 66.8 Å². The monoisotopic (exact) mass is 281 g/mol. The second-order valence-electron chi connectivity index (χ2n) is 4.73. The number of amides is 1. The molecule has 6 heteroatoms. The van der Waals surface area contributed by atoms with Crippen LogP contribution in [0.5, 0.6) is 0 Å². The minimum Gasteiger partial charge on any atom is -0.334 e. The van der Waals surface area contributed by atoms with E-state index in [1.54, 1.807) is 11.9 Å². The highest BCUT2D eigenvalue weighted by atomic mass is 16.2. The van der Waals surface area contributed by atoms with Crippen molar-refractivity contribution >= 4 is 5.91 Å². The van der Waals surface area contributed by atoms with Gasteiger partial charge in [0.2, 0.25) is 0 Å². The summed E-state index contributed by atoms with van der Waals surface area (Å²) in [6.45, 7) is 0.395. The molecule has 0 fully saturated rings. The molecule has 1 amide bonds. The molecule has 3 aromatic rings. The van der Waals surface area contributed by atoms with Gasteiger partial charge in [0.05, 0.1) is 6.54 Å². The van der Waals surface area contributed by atoms with Gasteiger partial charge in [-0.25, -0.2) is 4.98 Å². The Morgan fingerprint density at radius 1 is 1.29 bits per heavy atom. The van der Waals surface area contributed by atoms with Gasteiger partial charge in [0.15, 0.2) is 0 Å². The van der Waals surface area contributed by atoms with Crippen LogP contribution >= 0.6 is 0 Å². The quantitative estimate of drug-likeness (QED) is 0.794. The third-order valence-corrected chi connectivity index (χ3v) is 3.19. The van der Waals surface area contributed by atoms with Crippen LogP contribution in [0.4, 0.5) is 0 Å². The van der Waals surface area contributed by atoms with Crippen molar-refractivity contribution in [3.8, 4) is 5.69 Å². The highest BCUT2D eigenvalue weighted by Crippen LogP contribution is 2.13. The van der Waals surface area contributed by atoms with Crippen LogP contribution in [0.2, 0.25) is 0 Å². The van der Waals surface area contributed by atoms with Gasteiger partial charge in [0.1, 0.15) is 12.2 Å². The number of carbonyl (C=O) groups excluding carboxylic acids is 1. The number of rotatable bonds is 4. The zero-order valence-electron chi connectivity index (χ0n) is 11.6. The Bertz CT molecular complexity index is 718. The zero-order chi connectivity index (χ0) is 14.7. The lowest BCUT2D eigenvalue weighted by molar-refractivity contribution is 0.0781. The number of aromatic nitrogens is 4. The standard InChI is InChI=1S/C15H15N5O/c1-19(10-14-16-11-17-18-14)15(21)12-5-4-6-13(9-12)20-7-2-3-8-20/h2-9,11H,10H2,1H3,(H,16,17,18). The fourth-order valence-corrected chi connectivity index (χ4v) is 2.13. The first-order valence-electron chi connectivity index (χ1n) is 6.57. The first kappa shape index (κ1) is 13.1. The summed E-state index contributed by atoms with van der Waals surface area (Å²) in [6, 6.07) is 11.4. The molecule has 21 heavy (non-hydrogen) atoms. The minimum absolute atomic E-state index is 0.0552. The van der Waals surface area contributed by atoms with Crippen LogP contribution in [-0.4, -0.2) is 37.6 Å². The van der Waals surface area contributed by atoms with Gasteiger partial charge in [-0.1, -0.05) is 6.07 Å². The van der Waals surface area contributed by atoms with Crippen molar-refractivity contribution in [1.29, 1.82) is 0 Å². The summed E-state index contributed by atoms with van der Waals surface area (Å²) in [5.74, 6) is 0.604. The molecule has 0 spiro atoms. The van der Waals surface area contributed by atoms with Gasteiger partial charge in [-0.2, -0.15) is 5.10 Å². The largest absolute Gasteiger partial charge is 0.334 e. The van der Waals surface area contributed by atoms with Gasteiger partial charge in [0.25, 0.3) is 5.91 Å². The SMILES string of the molecule is CN(Cc1ncn[nH]1)C(=O)c1cccc(-n2cccc2)c1. The molecule has 3 rings (SSSR count). The van der Waals surface area contributed by atoms with Gasteiger partial charge in [0, 0.05) is 30.7 Å². The van der Waals surface area contributed by atoms with E-state index < -0.39 is 0 Å². The minimum atomic E-state index is -0.0552. The van der Waals surface area contributed by atoms with Crippen molar-refractivity contribution in [3.63, 3.8) is 0 Å². The van der Waals surface area contributed by atoms with Crippen LogP contribution in [-0.2, 0) is 6.54 Å². The molecule has 0 aliphatic rings. The number of nitrogens with zero attached hydrogens (tertiary/aromatic N) is 4. The molecular formula is C15H15N5O. The molecule has 0 bridgehead atoms. The maximum atomic E-state index is 12.4. The summed E-state index contributed by atoms with van der Waals surface area (Å²) in [7, 11) is 1.74. The van der Waals surface area contributed by atoms with Crippen LogP contribution in [0.25, 0.3) is 5.69 Å². The molecule has 0 aliphatic heterocycles. The number of aromatic amines is 1. The van der Waals surface area contributed by atoms with Gasteiger partial charge < -0.3 is 9.47 Å². The lowest BCUT2D eigenvalue weighted by Crippen LogP contribution is -2.26.